The van der Waals surface area contributed by atoms with E-state index >= 15 is 0 Å². The summed E-state index contributed by atoms with van der Waals surface area (Å²) in [5.74, 6) is 0. The number of allylic oxidation sites excluding steroid dienone is 4. The van der Waals surface area contributed by atoms with Crippen LogP contribution in [0.5, 0.6) is 0 Å². The van der Waals surface area contributed by atoms with Crippen molar-refractivity contribution in [3.63, 3.8) is 0 Å². The molecule has 0 spiro atoms. The minimum atomic E-state index is 0.862. The van der Waals surface area contributed by atoms with Crippen molar-refractivity contribution in [3.8, 4) is 0 Å². The Labute approximate surface area is 267 Å². The monoisotopic (exact) mass is 591 g/mol. The molecule has 252 valence electrons. The van der Waals surface area contributed by atoms with Crippen molar-refractivity contribution in [1.29, 1.82) is 0 Å². The lowest BCUT2D eigenvalue weighted by Crippen LogP contribution is -1.97. The molecule has 0 saturated heterocycles. The van der Waals surface area contributed by atoms with E-state index in [9.17, 15) is 0 Å². The molecule has 2 heteroatoms. The second-order valence-corrected chi connectivity index (χ2v) is 12.9. The third kappa shape index (κ3) is 46.4. The molecule has 4 N–H and O–H groups in total. The maximum absolute atomic E-state index is 5.50. The van der Waals surface area contributed by atoms with Gasteiger partial charge < -0.3 is 11.5 Å². The molecule has 0 saturated carbocycles. The number of rotatable bonds is 34. The standard InChI is InChI=1S/C22H45N.C18H37N/c1-2-3-4-5-6-7-8-9-10-11-12-13-14-15-16-17-18-19-20-21-22-23;1-2-3-4-5-6-7-8-9-10-11-12-13-14-15-16-17-18-19/h9-10H,2-8,11-23H2,1H3;9-10H,2-8,11-19H2,1H3. The Kier molecular flexibility index (Phi) is 46.5. The topological polar surface area (TPSA) is 52.0 Å². The molecule has 0 radical (unpaired) electrons. The summed E-state index contributed by atoms with van der Waals surface area (Å²) in [7, 11) is 0. The fraction of sp³-hybridized carbons (Fsp3) is 0.900. The lowest BCUT2D eigenvalue weighted by molar-refractivity contribution is 0.554. The summed E-state index contributed by atoms with van der Waals surface area (Å²) in [6.07, 6.45) is 53.7. The number of unbranched alkanes of at least 4 members (excludes halogenated alkanes) is 28. The third-order valence-corrected chi connectivity index (χ3v) is 8.43. The molecule has 0 aromatic carbocycles. The SMILES string of the molecule is CCCCCCCCC=CCCCCCCCCCCCCN.CCCCCCCCC=CCCCCCCCCN. The Balaban J connectivity index is 0. The highest BCUT2D eigenvalue weighted by atomic mass is 14.5. The van der Waals surface area contributed by atoms with Crippen LogP contribution in [-0.4, -0.2) is 13.1 Å². The molecule has 0 aliphatic heterocycles. The van der Waals surface area contributed by atoms with Crippen LogP contribution in [0.25, 0.3) is 0 Å². The van der Waals surface area contributed by atoms with Crippen molar-refractivity contribution in [1.82, 2.24) is 0 Å². The maximum Gasteiger partial charge on any atom is -0.00773 e. The first-order valence-corrected chi connectivity index (χ1v) is 19.5. The molecule has 0 atom stereocenters. The van der Waals surface area contributed by atoms with Crippen LogP contribution >= 0.6 is 0 Å². The van der Waals surface area contributed by atoms with E-state index in [0.29, 0.717) is 0 Å². The molecule has 0 fully saturated rings. The van der Waals surface area contributed by atoms with Crippen LogP contribution in [0.1, 0.15) is 219 Å². The smallest absolute Gasteiger partial charge is 0.00773 e. The van der Waals surface area contributed by atoms with Gasteiger partial charge >= 0.3 is 0 Å². The van der Waals surface area contributed by atoms with Gasteiger partial charge in [-0.1, -0.05) is 179 Å². The van der Waals surface area contributed by atoms with Crippen molar-refractivity contribution in [2.45, 2.75) is 219 Å². The molecule has 0 aromatic heterocycles. The second-order valence-electron chi connectivity index (χ2n) is 12.9. The molecule has 42 heavy (non-hydrogen) atoms. The van der Waals surface area contributed by atoms with E-state index < -0.39 is 0 Å². The highest BCUT2D eigenvalue weighted by Gasteiger charge is 1.93. The van der Waals surface area contributed by atoms with Gasteiger partial charge in [-0.15, -0.1) is 0 Å². The summed E-state index contributed by atoms with van der Waals surface area (Å²) in [6.45, 7) is 6.29. The Morgan fingerprint density at radius 1 is 0.262 bits per heavy atom. The molecule has 0 heterocycles. The predicted molar refractivity (Wildman–Crippen MR) is 195 cm³/mol. The molecule has 0 unspecified atom stereocenters. The highest BCUT2D eigenvalue weighted by Crippen LogP contribution is 2.13. The van der Waals surface area contributed by atoms with Gasteiger partial charge in [0.15, 0.2) is 0 Å². The first kappa shape index (κ1) is 43.5. The van der Waals surface area contributed by atoms with Crippen molar-refractivity contribution >= 4 is 0 Å². The van der Waals surface area contributed by atoms with E-state index in [1.165, 1.54) is 205 Å². The van der Waals surface area contributed by atoms with E-state index in [1.807, 2.05) is 0 Å². The number of nitrogens with two attached hydrogens (primary N) is 2. The van der Waals surface area contributed by atoms with Crippen LogP contribution < -0.4 is 11.5 Å². The Morgan fingerprint density at radius 3 is 0.667 bits per heavy atom. The summed E-state index contributed by atoms with van der Waals surface area (Å²) in [4.78, 5) is 0. The molecular weight excluding hydrogens is 508 g/mol. The van der Waals surface area contributed by atoms with E-state index in [-0.39, 0.29) is 0 Å². The number of hydrogen-bond acceptors (Lipinski definition) is 2. The van der Waals surface area contributed by atoms with Crippen molar-refractivity contribution in [2.75, 3.05) is 13.1 Å². The zero-order valence-corrected chi connectivity index (χ0v) is 29.5. The van der Waals surface area contributed by atoms with Gasteiger partial charge in [-0.05, 0) is 77.3 Å². The lowest BCUT2D eigenvalue weighted by Gasteiger charge is -2.01. The largest absolute Gasteiger partial charge is 0.330 e. The quantitative estimate of drug-likeness (QED) is 0.0578. The van der Waals surface area contributed by atoms with Crippen molar-refractivity contribution in [2.24, 2.45) is 11.5 Å². The molecule has 0 aliphatic rings. The molecule has 0 bridgehead atoms. The van der Waals surface area contributed by atoms with Crippen molar-refractivity contribution in [3.05, 3.63) is 24.3 Å². The highest BCUT2D eigenvalue weighted by molar-refractivity contribution is 4.82. The first-order valence-electron chi connectivity index (χ1n) is 19.5. The molecule has 0 aliphatic carbocycles. The predicted octanol–water partition coefficient (Wildman–Crippen LogP) is 13.5. The minimum absolute atomic E-state index is 0.862. The van der Waals surface area contributed by atoms with E-state index in [0.717, 1.165) is 13.1 Å². The maximum atomic E-state index is 5.50. The van der Waals surface area contributed by atoms with E-state index in [4.69, 9.17) is 11.5 Å². The van der Waals surface area contributed by atoms with Crippen LogP contribution in [-0.2, 0) is 0 Å². The van der Waals surface area contributed by atoms with Crippen LogP contribution in [0, 0.1) is 0 Å². The van der Waals surface area contributed by atoms with Crippen LogP contribution in [0.2, 0.25) is 0 Å². The van der Waals surface area contributed by atoms with Gasteiger partial charge in [0.25, 0.3) is 0 Å². The number of hydrogen-bond donors (Lipinski definition) is 2. The van der Waals surface area contributed by atoms with Gasteiger partial charge in [0.1, 0.15) is 0 Å². The second kappa shape index (κ2) is 44.8. The lowest BCUT2D eigenvalue weighted by atomic mass is 10.1. The molecule has 0 rings (SSSR count). The summed E-state index contributed by atoms with van der Waals surface area (Å²) < 4.78 is 0. The van der Waals surface area contributed by atoms with Crippen molar-refractivity contribution < 1.29 is 0 Å². The summed E-state index contributed by atoms with van der Waals surface area (Å²) in [5, 5.41) is 0. The molecule has 0 amide bonds. The average Bonchev–Trinajstić information content (AvgIpc) is 3.00. The summed E-state index contributed by atoms with van der Waals surface area (Å²) >= 11 is 0. The Hall–Kier alpha value is -0.600. The molecular formula is C40H82N2. The third-order valence-electron chi connectivity index (χ3n) is 8.43. The van der Waals surface area contributed by atoms with Gasteiger partial charge in [0, 0.05) is 0 Å². The fourth-order valence-corrected chi connectivity index (χ4v) is 5.49. The zero-order chi connectivity index (χ0) is 30.9. The Bertz CT molecular complexity index is 484. The zero-order valence-electron chi connectivity index (χ0n) is 29.5. The average molecular weight is 591 g/mol. The van der Waals surface area contributed by atoms with Gasteiger partial charge in [-0.2, -0.15) is 0 Å². The summed E-state index contributed by atoms with van der Waals surface area (Å²) in [6, 6.07) is 0. The van der Waals surface area contributed by atoms with Gasteiger partial charge in [0.05, 0.1) is 0 Å². The van der Waals surface area contributed by atoms with E-state index in [2.05, 4.69) is 38.2 Å². The van der Waals surface area contributed by atoms with E-state index in [1.54, 1.807) is 0 Å². The molecule has 0 aromatic rings. The minimum Gasteiger partial charge on any atom is -0.330 e. The van der Waals surface area contributed by atoms with Gasteiger partial charge in [0.2, 0.25) is 0 Å². The normalized spacial score (nSPS) is 11.5. The first-order chi connectivity index (χ1) is 20.8. The van der Waals surface area contributed by atoms with Crippen LogP contribution in [0.15, 0.2) is 24.3 Å². The van der Waals surface area contributed by atoms with Crippen LogP contribution in [0.3, 0.4) is 0 Å². The molecule has 2 nitrogen and oxygen atoms in total. The Morgan fingerprint density at radius 2 is 0.452 bits per heavy atom. The van der Waals surface area contributed by atoms with Gasteiger partial charge in [-0.3, -0.25) is 0 Å². The van der Waals surface area contributed by atoms with Gasteiger partial charge in [-0.25, -0.2) is 0 Å². The van der Waals surface area contributed by atoms with Crippen LogP contribution in [0.4, 0.5) is 0 Å². The fourth-order valence-electron chi connectivity index (χ4n) is 5.49. The summed E-state index contributed by atoms with van der Waals surface area (Å²) in [5.41, 5.74) is 11.0.